The molecule has 5 rings (SSSR count). The minimum Gasteiger partial charge on any atom is -0.478 e. The van der Waals surface area contributed by atoms with E-state index in [0.717, 1.165) is 36.1 Å². The van der Waals surface area contributed by atoms with Gasteiger partial charge in [-0.1, -0.05) is 11.6 Å². The summed E-state index contributed by atoms with van der Waals surface area (Å²) in [6, 6.07) is 5.90. The molecule has 1 saturated heterocycles. The summed E-state index contributed by atoms with van der Waals surface area (Å²) in [5.41, 5.74) is -0.610. The number of carbonyl (C=O) groups is 1. The van der Waals surface area contributed by atoms with E-state index in [1.54, 1.807) is 0 Å². The molecule has 1 aliphatic heterocycles. The van der Waals surface area contributed by atoms with E-state index in [2.05, 4.69) is 35.6 Å². The summed E-state index contributed by atoms with van der Waals surface area (Å²) >= 11 is 5.84. The van der Waals surface area contributed by atoms with Gasteiger partial charge in [-0.05, 0) is 30.3 Å². The molecule has 0 atom stereocenters. The number of nitrogens with one attached hydrogen (secondary N) is 2. The molecule has 0 bridgehead atoms. The van der Waals surface area contributed by atoms with E-state index in [9.17, 15) is 27.5 Å². The standard InChI is InChI=1S/C26H23ClF4N8O3/c27-19-12-16(1-2-20(19)28)35-25-34-14-18(23(36-25)39-5-3-21(37-39)26(29,30)31)15-11-17(24(40)41)22(33-13-15)32-4-6-38-7-9-42-10-8-38/h1-3,5,11-14H,4,6-10H2,(H,32,33)(H,40,41)(H,34,35,36). The molecule has 3 aromatic heterocycles. The molecule has 11 nitrogen and oxygen atoms in total. The van der Waals surface area contributed by atoms with Crippen LogP contribution in [0.3, 0.4) is 0 Å². The highest BCUT2D eigenvalue weighted by atomic mass is 35.5. The maximum absolute atomic E-state index is 13.6. The number of ether oxygens (including phenoxy) is 1. The monoisotopic (exact) mass is 606 g/mol. The number of nitrogens with zero attached hydrogens (tertiary/aromatic N) is 6. The molecule has 0 amide bonds. The van der Waals surface area contributed by atoms with Gasteiger partial charge in [0.2, 0.25) is 5.95 Å². The number of hydrogen-bond donors (Lipinski definition) is 3. The summed E-state index contributed by atoms with van der Waals surface area (Å²) in [7, 11) is 0. The van der Waals surface area contributed by atoms with Gasteiger partial charge in [0.05, 0.1) is 18.2 Å². The molecule has 1 aliphatic rings. The summed E-state index contributed by atoms with van der Waals surface area (Å²) in [4.78, 5) is 27.1. The highest BCUT2D eigenvalue weighted by Crippen LogP contribution is 2.32. The number of pyridine rings is 1. The van der Waals surface area contributed by atoms with Crippen molar-refractivity contribution in [3.63, 3.8) is 0 Å². The first kappa shape index (κ1) is 29.2. The van der Waals surface area contributed by atoms with E-state index >= 15 is 0 Å². The van der Waals surface area contributed by atoms with Crippen molar-refractivity contribution in [1.29, 1.82) is 0 Å². The second-order valence-electron chi connectivity index (χ2n) is 9.13. The van der Waals surface area contributed by atoms with Gasteiger partial charge in [-0.25, -0.2) is 23.8 Å². The summed E-state index contributed by atoms with van der Waals surface area (Å²) in [6.45, 7) is 3.88. The molecule has 4 aromatic rings. The van der Waals surface area contributed by atoms with E-state index in [0.29, 0.717) is 32.0 Å². The number of hydrogen-bond acceptors (Lipinski definition) is 9. The smallest absolute Gasteiger partial charge is 0.435 e. The number of halogens is 5. The first-order valence-electron chi connectivity index (χ1n) is 12.6. The Balaban J connectivity index is 1.48. The molecule has 1 aromatic carbocycles. The van der Waals surface area contributed by atoms with Crippen molar-refractivity contribution in [1.82, 2.24) is 29.6 Å². The summed E-state index contributed by atoms with van der Waals surface area (Å²) in [5, 5.41) is 19.2. The minimum atomic E-state index is -4.71. The quantitative estimate of drug-likeness (QED) is 0.230. The van der Waals surface area contributed by atoms with Crippen molar-refractivity contribution in [3.8, 4) is 16.9 Å². The van der Waals surface area contributed by atoms with Crippen molar-refractivity contribution in [2.45, 2.75) is 6.18 Å². The van der Waals surface area contributed by atoms with Gasteiger partial charge in [-0.3, -0.25) is 4.90 Å². The van der Waals surface area contributed by atoms with Crippen LogP contribution in [0.25, 0.3) is 16.9 Å². The largest absolute Gasteiger partial charge is 0.478 e. The third-order valence-electron chi connectivity index (χ3n) is 6.29. The Morgan fingerprint density at radius 3 is 2.60 bits per heavy atom. The van der Waals surface area contributed by atoms with E-state index < -0.39 is 23.7 Å². The average Bonchev–Trinajstić information content (AvgIpc) is 3.47. The molecule has 16 heteroatoms. The number of morpholine rings is 1. The third-order valence-corrected chi connectivity index (χ3v) is 6.58. The molecule has 0 radical (unpaired) electrons. The fraction of sp³-hybridized carbons (Fsp3) is 0.269. The van der Waals surface area contributed by atoms with Crippen molar-refractivity contribution < 1.29 is 32.2 Å². The number of aromatic carboxylic acids is 1. The van der Waals surface area contributed by atoms with Gasteiger partial charge >= 0.3 is 12.1 Å². The number of alkyl halides is 3. The van der Waals surface area contributed by atoms with Crippen molar-refractivity contribution in [3.05, 3.63) is 71.0 Å². The first-order chi connectivity index (χ1) is 20.1. The lowest BCUT2D eigenvalue weighted by molar-refractivity contribution is -0.141. The van der Waals surface area contributed by atoms with Crippen LogP contribution in [0.15, 0.2) is 48.9 Å². The summed E-state index contributed by atoms with van der Waals surface area (Å²) in [5.74, 6) is -1.93. The number of carboxylic acids is 1. The lowest BCUT2D eigenvalue weighted by Gasteiger charge is -2.26. The Kier molecular flexibility index (Phi) is 8.51. The zero-order valence-electron chi connectivity index (χ0n) is 21.7. The molecule has 1 fully saturated rings. The Morgan fingerprint density at radius 2 is 1.90 bits per heavy atom. The van der Waals surface area contributed by atoms with Gasteiger partial charge in [0, 0.05) is 61.6 Å². The van der Waals surface area contributed by atoms with Gasteiger partial charge in [0.25, 0.3) is 0 Å². The van der Waals surface area contributed by atoms with E-state index in [4.69, 9.17) is 16.3 Å². The molecule has 0 unspecified atom stereocenters. The van der Waals surface area contributed by atoms with Crippen LogP contribution >= 0.6 is 11.6 Å². The fourth-order valence-corrected chi connectivity index (χ4v) is 4.36. The topological polar surface area (TPSA) is 130 Å². The van der Waals surface area contributed by atoms with E-state index in [1.807, 2.05) is 0 Å². The molecular weight excluding hydrogens is 584 g/mol. The lowest BCUT2D eigenvalue weighted by Crippen LogP contribution is -2.39. The molecule has 42 heavy (non-hydrogen) atoms. The van der Waals surface area contributed by atoms with Crippen LogP contribution in [0.2, 0.25) is 5.02 Å². The van der Waals surface area contributed by atoms with Crippen LogP contribution in [0.4, 0.5) is 35.0 Å². The molecule has 0 aliphatic carbocycles. The van der Waals surface area contributed by atoms with E-state index in [-0.39, 0.29) is 39.3 Å². The predicted molar refractivity (Wildman–Crippen MR) is 145 cm³/mol. The maximum atomic E-state index is 13.6. The van der Waals surface area contributed by atoms with Crippen molar-refractivity contribution >= 4 is 35.0 Å². The number of rotatable bonds is 9. The molecule has 0 saturated carbocycles. The summed E-state index contributed by atoms with van der Waals surface area (Å²) < 4.78 is 59.8. The lowest BCUT2D eigenvalue weighted by atomic mass is 10.1. The van der Waals surface area contributed by atoms with Crippen LogP contribution in [0.5, 0.6) is 0 Å². The number of benzene rings is 1. The predicted octanol–water partition coefficient (Wildman–Crippen LogP) is 4.72. The highest BCUT2D eigenvalue weighted by molar-refractivity contribution is 6.31. The Bertz CT molecular complexity index is 1590. The normalized spacial score (nSPS) is 14.1. The second kappa shape index (κ2) is 12.3. The van der Waals surface area contributed by atoms with Gasteiger partial charge in [-0.2, -0.15) is 23.3 Å². The zero-order chi connectivity index (χ0) is 29.9. The SMILES string of the molecule is O=C(O)c1cc(-c2cnc(Nc3ccc(F)c(Cl)c3)nc2-n2ccc(C(F)(F)F)n2)cnc1NCCN1CCOCC1. The third kappa shape index (κ3) is 6.75. The Hall–Kier alpha value is -4.34. The molecule has 4 heterocycles. The van der Waals surface area contributed by atoms with Gasteiger partial charge in [0.15, 0.2) is 11.5 Å². The van der Waals surface area contributed by atoms with Crippen LogP contribution in [-0.4, -0.2) is 80.1 Å². The Labute approximate surface area is 241 Å². The molecule has 0 spiro atoms. The number of anilines is 3. The minimum absolute atomic E-state index is 0.0618. The zero-order valence-corrected chi connectivity index (χ0v) is 22.5. The molecule has 3 N–H and O–H groups in total. The van der Waals surface area contributed by atoms with Crippen molar-refractivity contribution in [2.24, 2.45) is 0 Å². The summed E-state index contributed by atoms with van der Waals surface area (Å²) in [6.07, 6.45) is -0.983. The average molecular weight is 607 g/mol. The van der Waals surface area contributed by atoms with Gasteiger partial charge in [-0.15, -0.1) is 0 Å². The molecular formula is C26H23ClF4N8O3. The van der Waals surface area contributed by atoms with Crippen LogP contribution < -0.4 is 10.6 Å². The van der Waals surface area contributed by atoms with Crippen molar-refractivity contribution in [2.75, 3.05) is 50.0 Å². The maximum Gasteiger partial charge on any atom is 0.435 e. The first-order valence-corrected chi connectivity index (χ1v) is 13.0. The van der Waals surface area contributed by atoms with E-state index in [1.165, 1.54) is 30.6 Å². The van der Waals surface area contributed by atoms with Gasteiger partial charge < -0.3 is 20.5 Å². The second-order valence-corrected chi connectivity index (χ2v) is 9.54. The Morgan fingerprint density at radius 1 is 1.12 bits per heavy atom. The molecule has 220 valence electrons. The number of aromatic nitrogens is 5. The van der Waals surface area contributed by atoms with Crippen LogP contribution in [0.1, 0.15) is 16.1 Å². The number of carboxylic acid groups (broad SMARTS) is 1. The highest BCUT2D eigenvalue weighted by Gasteiger charge is 2.34. The fourth-order valence-electron chi connectivity index (χ4n) is 4.18. The van der Waals surface area contributed by atoms with Gasteiger partial charge in [0.1, 0.15) is 17.2 Å². The van der Waals surface area contributed by atoms with Crippen LogP contribution in [0, 0.1) is 5.82 Å². The van der Waals surface area contributed by atoms with Crippen LogP contribution in [-0.2, 0) is 10.9 Å².